The Bertz CT molecular complexity index is 474. The van der Waals surface area contributed by atoms with Crippen LogP contribution in [0.5, 0.6) is 0 Å². The van der Waals surface area contributed by atoms with Crippen molar-refractivity contribution < 1.29 is 4.74 Å². The average molecular weight is 251 g/mol. The van der Waals surface area contributed by atoms with Gasteiger partial charge in [-0.3, -0.25) is 0 Å². The molecule has 0 unspecified atom stereocenters. The molecule has 1 fully saturated rings. The van der Waals surface area contributed by atoms with E-state index in [2.05, 4.69) is 67.1 Å². The molecule has 0 spiro atoms. The highest BCUT2D eigenvalue weighted by atomic mass is 16.5. The lowest BCUT2D eigenvalue weighted by Gasteiger charge is -2.23. The van der Waals surface area contributed by atoms with Crippen molar-refractivity contribution in [1.82, 2.24) is 0 Å². The van der Waals surface area contributed by atoms with Crippen molar-refractivity contribution in [2.24, 2.45) is 0 Å². The van der Waals surface area contributed by atoms with Crippen LogP contribution in [0.3, 0.4) is 0 Å². The maximum atomic E-state index is 5.67. The Hall–Kier alpha value is -1.60. The van der Waals surface area contributed by atoms with Gasteiger partial charge in [-0.25, -0.2) is 0 Å². The predicted octanol–water partition coefficient (Wildman–Crippen LogP) is 4.20. The van der Waals surface area contributed by atoms with Crippen LogP contribution in [0.15, 0.2) is 60.7 Å². The monoisotopic (exact) mass is 251 g/mol. The smallest absolute Gasteiger partial charge is 0.0722 e. The Kier molecular flexibility index (Phi) is 3.39. The van der Waals surface area contributed by atoms with Gasteiger partial charge in [0, 0.05) is 19.4 Å². The Morgan fingerprint density at radius 1 is 0.895 bits per heavy atom. The van der Waals surface area contributed by atoms with Crippen LogP contribution in [0.2, 0.25) is 0 Å². The van der Waals surface area contributed by atoms with E-state index in [1.807, 2.05) is 7.11 Å². The molecule has 0 bridgehead atoms. The maximum Gasteiger partial charge on any atom is 0.0722 e. The number of ether oxygens (including phenoxy) is 1. The maximum absolute atomic E-state index is 5.67. The van der Waals surface area contributed by atoms with E-state index in [0.29, 0.717) is 5.92 Å². The van der Waals surface area contributed by atoms with Gasteiger partial charge in [-0.05, 0) is 24.0 Å². The van der Waals surface area contributed by atoms with Crippen molar-refractivity contribution in [3.63, 3.8) is 0 Å². The summed E-state index contributed by atoms with van der Waals surface area (Å²) in [6, 6.07) is 21.3. The fourth-order valence-electron chi connectivity index (χ4n) is 2.57. The highest BCUT2D eigenvalue weighted by Crippen LogP contribution is 2.47. The number of rotatable bonds is 5. The van der Waals surface area contributed by atoms with E-state index < -0.39 is 0 Å². The first-order chi connectivity index (χ1) is 9.33. The highest BCUT2D eigenvalue weighted by molar-refractivity contribution is 5.38. The zero-order valence-electron chi connectivity index (χ0n) is 11.3. The third-order valence-electron chi connectivity index (χ3n) is 3.94. The lowest BCUT2D eigenvalue weighted by atomic mass is 9.86. The van der Waals surface area contributed by atoms with Crippen LogP contribution in [0.1, 0.15) is 29.9 Å². The minimum atomic E-state index is -0.00362. The summed E-state index contributed by atoms with van der Waals surface area (Å²) in [5.41, 5.74) is 2.66. The van der Waals surface area contributed by atoms with E-state index in [-0.39, 0.29) is 5.60 Å². The Labute approximate surface area is 115 Å². The molecular formula is C18H19O. The van der Waals surface area contributed by atoms with E-state index in [9.17, 15) is 0 Å². The van der Waals surface area contributed by atoms with Gasteiger partial charge in [0.05, 0.1) is 5.60 Å². The second-order valence-corrected chi connectivity index (χ2v) is 5.23. The van der Waals surface area contributed by atoms with Crippen molar-refractivity contribution in [2.75, 3.05) is 7.11 Å². The molecule has 1 saturated carbocycles. The predicted molar refractivity (Wildman–Crippen MR) is 78.0 cm³/mol. The third-order valence-corrected chi connectivity index (χ3v) is 3.94. The standard InChI is InChI=1S/C18H19O/c1-19-18(12-13-18)14-17(15-8-4-2-5-9-15)16-10-6-3-7-11-16/h2-11,14,17H,12-13H2,1H3. The molecule has 19 heavy (non-hydrogen) atoms. The fraction of sp³-hybridized carbons (Fsp3) is 0.278. The van der Waals surface area contributed by atoms with Gasteiger partial charge in [0.1, 0.15) is 0 Å². The van der Waals surface area contributed by atoms with Crippen LogP contribution in [-0.2, 0) is 4.74 Å². The minimum Gasteiger partial charge on any atom is -0.378 e. The molecule has 3 rings (SSSR count). The summed E-state index contributed by atoms with van der Waals surface area (Å²) in [7, 11) is 1.82. The molecule has 1 nitrogen and oxygen atoms in total. The van der Waals surface area contributed by atoms with Crippen LogP contribution in [-0.4, -0.2) is 12.7 Å². The molecule has 97 valence electrons. The highest BCUT2D eigenvalue weighted by Gasteiger charge is 2.45. The molecule has 0 amide bonds. The minimum absolute atomic E-state index is 0.00362. The lowest BCUT2D eigenvalue weighted by molar-refractivity contribution is 0.104. The molecule has 1 aliphatic carbocycles. The topological polar surface area (TPSA) is 9.23 Å². The van der Waals surface area contributed by atoms with E-state index in [4.69, 9.17) is 4.74 Å². The summed E-state index contributed by atoms with van der Waals surface area (Å²) in [6.07, 6.45) is 4.65. The molecular weight excluding hydrogens is 232 g/mol. The Morgan fingerprint density at radius 3 is 1.74 bits per heavy atom. The summed E-state index contributed by atoms with van der Waals surface area (Å²) in [6.45, 7) is 0. The SMILES string of the molecule is COC1([CH]C(c2ccccc2)c2ccccc2)CC1. The summed E-state index contributed by atoms with van der Waals surface area (Å²) in [5, 5.41) is 0. The number of methoxy groups -OCH3 is 1. The first-order valence-electron chi connectivity index (χ1n) is 6.84. The van der Waals surface area contributed by atoms with E-state index in [0.717, 1.165) is 12.8 Å². The van der Waals surface area contributed by atoms with E-state index >= 15 is 0 Å². The Morgan fingerprint density at radius 2 is 1.37 bits per heavy atom. The van der Waals surface area contributed by atoms with Crippen molar-refractivity contribution in [1.29, 1.82) is 0 Å². The molecule has 1 radical (unpaired) electrons. The normalized spacial score (nSPS) is 16.5. The van der Waals surface area contributed by atoms with Crippen LogP contribution >= 0.6 is 0 Å². The quantitative estimate of drug-likeness (QED) is 0.773. The molecule has 0 aliphatic heterocycles. The zero-order chi connectivity index (χ0) is 13.1. The first kappa shape index (κ1) is 12.4. The van der Waals surface area contributed by atoms with Gasteiger partial charge >= 0.3 is 0 Å². The third kappa shape index (κ3) is 2.71. The summed E-state index contributed by atoms with van der Waals surface area (Å²) < 4.78 is 5.67. The average Bonchev–Trinajstić information content (AvgIpc) is 3.27. The van der Waals surface area contributed by atoms with Gasteiger partial charge in [-0.2, -0.15) is 0 Å². The lowest BCUT2D eigenvalue weighted by Crippen LogP contribution is -2.18. The van der Waals surface area contributed by atoms with Crippen LogP contribution in [0.25, 0.3) is 0 Å². The molecule has 0 saturated heterocycles. The molecule has 2 aromatic rings. The van der Waals surface area contributed by atoms with Gasteiger partial charge in [-0.1, -0.05) is 60.7 Å². The molecule has 2 aromatic carbocycles. The van der Waals surface area contributed by atoms with Gasteiger partial charge in [0.15, 0.2) is 0 Å². The number of benzene rings is 2. The van der Waals surface area contributed by atoms with Gasteiger partial charge < -0.3 is 4.74 Å². The molecule has 1 aliphatic rings. The Balaban J connectivity index is 1.92. The molecule has 1 heteroatoms. The van der Waals surface area contributed by atoms with Crippen molar-refractivity contribution in [2.45, 2.75) is 24.4 Å². The van der Waals surface area contributed by atoms with Gasteiger partial charge in [0.25, 0.3) is 0 Å². The van der Waals surface area contributed by atoms with Crippen molar-refractivity contribution in [3.05, 3.63) is 78.2 Å². The second kappa shape index (κ2) is 5.18. The zero-order valence-corrected chi connectivity index (χ0v) is 11.3. The fourth-order valence-corrected chi connectivity index (χ4v) is 2.57. The molecule has 0 heterocycles. The number of hydrogen-bond donors (Lipinski definition) is 0. The molecule has 0 aromatic heterocycles. The summed E-state index contributed by atoms with van der Waals surface area (Å²) >= 11 is 0. The van der Waals surface area contributed by atoms with Crippen molar-refractivity contribution in [3.8, 4) is 0 Å². The molecule has 0 atom stereocenters. The van der Waals surface area contributed by atoms with Gasteiger partial charge in [-0.15, -0.1) is 0 Å². The number of hydrogen-bond acceptors (Lipinski definition) is 1. The second-order valence-electron chi connectivity index (χ2n) is 5.23. The van der Waals surface area contributed by atoms with E-state index in [1.165, 1.54) is 11.1 Å². The largest absolute Gasteiger partial charge is 0.378 e. The van der Waals surface area contributed by atoms with E-state index in [1.54, 1.807) is 0 Å². The van der Waals surface area contributed by atoms with Crippen LogP contribution in [0, 0.1) is 6.42 Å². The van der Waals surface area contributed by atoms with Crippen LogP contribution in [0.4, 0.5) is 0 Å². The summed E-state index contributed by atoms with van der Waals surface area (Å²) in [4.78, 5) is 0. The summed E-state index contributed by atoms with van der Waals surface area (Å²) in [5.74, 6) is 0.310. The molecule has 0 N–H and O–H groups in total. The van der Waals surface area contributed by atoms with Crippen LogP contribution < -0.4 is 0 Å². The first-order valence-corrected chi connectivity index (χ1v) is 6.84. The van der Waals surface area contributed by atoms with Crippen molar-refractivity contribution >= 4 is 0 Å². The van der Waals surface area contributed by atoms with Gasteiger partial charge in [0.2, 0.25) is 0 Å².